The number of fused-ring (bicyclic) bond motifs is 1. The first-order valence-corrected chi connectivity index (χ1v) is 14.3. The van der Waals surface area contributed by atoms with Crippen LogP contribution in [0.3, 0.4) is 0 Å². The third kappa shape index (κ3) is 7.97. The molecule has 0 radical (unpaired) electrons. The van der Waals surface area contributed by atoms with Crippen LogP contribution in [0.1, 0.15) is 37.3 Å². The Morgan fingerprint density at radius 2 is 1.68 bits per heavy atom. The van der Waals surface area contributed by atoms with E-state index >= 15 is 0 Å². The summed E-state index contributed by atoms with van der Waals surface area (Å²) in [5, 5.41) is 3.67. The van der Waals surface area contributed by atoms with Crippen LogP contribution in [0.4, 0.5) is 5.69 Å². The van der Waals surface area contributed by atoms with Crippen molar-refractivity contribution >= 4 is 46.9 Å². The summed E-state index contributed by atoms with van der Waals surface area (Å²) in [4.78, 5) is 31.9. The normalized spacial score (nSPS) is 14.1. The summed E-state index contributed by atoms with van der Waals surface area (Å²) >= 11 is 7.44. The largest absolute Gasteiger partial charge is 0.355 e. The van der Waals surface area contributed by atoms with Crippen molar-refractivity contribution in [2.24, 2.45) is 0 Å². The monoisotopic (exact) mass is 547 g/mol. The second-order valence-corrected chi connectivity index (χ2v) is 10.9. The Kier molecular flexibility index (Phi) is 10.4. The van der Waals surface area contributed by atoms with Crippen molar-refractivity contribution in [1.82, 2.24) is 10.2 Å². The van der Waals surface area contributed by atoms with Gasteiger partial charge in [0.05, 0.1) is 10.6 Å². The molecule has 38 heavy (non-hydrogen) atoms. The number of hydrogen-bond acceptors (Lipinski definition) is 4. The fraction of sp³-hybridized carbons (Fsp3) is 0.290. The first-order chi connectivity index (χ1) is 18.5. The number of carbonyl (C=O) groups is 2. The highest BCUT2D eigenvalue weighted by atomic mass is 35.5. The van der Waals surface area contributed by atoms with Crippen LogP contribution in [0.5, 0.6) is 0 Å². The zero-order valence-electron chi connectivity index (χ0n) is 21.7. The molecule has 0 fully saturated rings. The first-order valence-electron chi connectivity index (χ1n) is 13.1. The number of anilines is 1. The minimum Gasteiger partial charge on any atom is -0.355 e. The summed E-state index contributed by atoms with van der Waals surface area (Å²) in [5.41, 5.74) is 2.95. The highest BCUT2D eigenvalue weighted by Gasteiger charge is 2.30. The number of para-hydroxylation sites is 1. The van der Waals surface area contributed by atoms with Crippen molar-refractivity contribution in [1.29, 1.82) is 0 Å². The fourth-order valence-corrected chi connectivity index (χ4v) is 5.54. The number of hydrogen-bond donors (Lipinski definition) is 1. The number of amides is 2. The van der Waals surface area contributed by atoms with E-state index in [4.69, 9.17) is 11.6 Å². The lowest BCUT2D eigenvalue weighted by Crippen LogP contribution is -2.43. The molecule has 1 N–H and O–H groups in total. The van der Waals surface area contributed by atoms with E-state index in [1.165, 1.54) is 17.3 Å². The molecule has 5 nitrogen and oxygen atoms in total. The van der Waals surface area contributed by atoms with Crippen LogP contribution in [-0.4, -0.2) is 42.9 Å². The lowest BCUT2D eigenvalue weighted by Gasteiger charge is -2.30. The van der Waals surface area contributed by atoms with Crippen LogP contribution in [0.25, 0.3) is 6.08 Å². The van der Waals surface area contributed by atoms with Crippen molar-refractivity contribution in [3.63, 3.8) is 0 Å². The van der Waals surface area contributed by atoms with Gasteiger partial charge in [-0.1, -0.05) is 91.3 Å². The van der Waals surface area contributed by atoms with E-state index in [2.05, 4.69) is 41.4 Å². The summed E-state index contributed by atoms with van der Waals surface area (Å²) in [6.45, 7) is 5.62. The molecule has 1 aliphatic rings. The van der Waals surface area contributed by atoms with Crippen molar-refractivity contribution in [3.05, 3.63) is 99.9 Å². The van der Waals surface area contributed by atoms with Gasteiger partial charge in [-0.25, -0.2) is 0 Å². The van der Waals surface area contributed by atoms with Gasteiger partial charge in [-0.3, -0.25) is 19.4 Å². The molecule has 0 saturated carbocycles. The van der Waals surface area contributed by atoms with Crippen molar-refractivity contribution < 1.29 is 9.59 Å². The fourth-order valence-electron chi connectivity index (χ4n) is 4.35. The van der Waals surface area contributed by atoms with Crippen molar-refractivity contribution in [2.75, 3.05) is 31.1 Å². The molecule has 0 saturated heterocycles. The molecule has 1 heterocycles. The van der Waals surface area contributed by atoms with Gasteiger partial charge >= 0.3 is 0 Å². The van der Waals surface area contributed by atoms with Crippen LogP contribution in [0, 0.1) is 0 Å². The molecule has 1 aliphatic heterocycles. The Morgan fingerprint density at radius 3 is 2.45 bits per heavy atom. The maximum atomic E-state index is 13.4. The zero-order valence-corrected chi connectivity index (χ0v) is 23.3. The Bertz CT molecular complexity index is 1250. The molecule has 198 valence electrons. The van der Waals surface area contributed by atoms with Gasteiger partial charge < -0.3 is 5.32 Å². The van der Waals surface area contributed by atoms with Crippen LogP contribution < -0.4 is 10.2 Å². The van der Waals surface area contributed by atoms with Gasteiger partial charge in [-0.15, -0.1) is 0 Å². The minimum absolute atomic E-state index is 0.0159. The molecule has 0 spiro atoms. The molecule has 0 aromatic heterocycles. The van der Waals surface area contributed by atoms with Gasteiger partial charge in [-0.05, 0) is 60.9 Å². The van der Waals surface area contributed by atoms with Crippen LogP contribution in [0.2, 0.25) is 5.02 Å². The van der Waals surface area contributed by atoms with E-state index in [-0.39, 0.29) is 18.4 Å². The molecular weight excluding hydrogens is 514 g/mol. The third-order valence-electron chi connectivity index (χ3n) is 6.35. The van der Waals surface area contributed by atoms with Gasteiger partial charge in [-0.2, -0.15) is 0 Å². The number of rotatable bonds is 12. The summed E-state index contributed by atoms with van der Waals surface area (Å²) < 4.78 is 0. The average molecular weight is 548 g/mol. The summed E-state index contributed by atoms with van der Waals surface area (Å²) in [6.07, 6.45) is 5.01. The van der Waals surface area contributed by atoms with Gasteiger partial charge in [0.1, 0.15) is 6.54 Å². The van der Waals surface area contributed by atoms with E-state index in [1.54, 1.807) is 17.0 Å². The highest BCUT2D eigenvalue weighted by Crippen LogP contribution is 2.41. The van der Waals surface area contributed by atoms with Gasteiger partial charge in [0.15, 0.2) is 0 Å². The lowest BCUT2D eigenvalue weighted by atomic mass is 10.2. The minimum atomic E-state index is -0.174. The van der Waals surface area contributed by atoms with E-state index in [0.717, 1.165) is 55.0 Å². The molecule has 3 aromatic carbocycles. The predicted molar refractivity (Wildman–Crippen MR) is 158 cm³/mol. The molecule has 0 atom stereocenters. The maximum absolute atomic E-state index is 13.4. The number of nitrogens with one attached hydrogen (secondary N) is 1. The zero-order chi connectivity index (χ0) is 26.7. The Labute approximate surface area is 234 Å². The third-order valence-corrected chi connectivity index (χ3v) is 7.68. The Balaban J connectivity index is 1.35. The topological polar surface area (TPSA) is 52.7 Å². The van der Waals surface area contributed by atoms with Crippen LogP contribution in [-0.2, 0) is 16.1 Å². The van der Waals surface area contributed by atoms with Crippen molar-refractivity contribution in [3.8, 4) is 0 Å². The van der Waals surface area contributed by atoms with Gasteiger partial charge in [0.2, 0.25) is 5.91 Å². The summed E-state index contributed by atoms with van der Waals surface area (Å²) in [5.74, 6) is -0.332. The van der Waals surface area contributed by atoms with Crippen molar-refractivity contribution in [2.45, 2.75) is 37.6 Å². The Hall–Kier alpha value is -3.06. The van der Waals surface area contributed by atoms with Crippen LogP contribution in [0.15, 0.2) is 88.7 Å². The number of nitrogens with zero attached hydrogens (tertiary/aromatic N) is 2. The lowest BCUT2D eigenvalue weighted by molar-refractivity contribution is -0.122. The second-order valence-electron chi connectivity index (χ2n) is 9.34. The molecular formula is C31H34ClN3O2S. The van der Waals surface area contributed by atoms with Gasteiger partial charge in [0.25, 0.3) is 5.91 Å². The predicted octanol–water partition coefficient (Wildman–Crippen LogP) is 6.63. The number of benzene rings is 3. The van der Waals surface area contributed by atoms with E-state index in [9.17, 15) is 9.59 Å². The number of thioether (sulfide) groups is 1. The smallest absolute Gasteiger partial charge is 0.265 e. The SMILES string of the molecule is CCCCN(CCCNC(=O)CN1C(=O)C(=Cc2ccc(Cl)cc2)Sc2ccccc21)Cc1ccccc1. The maximum Gasteiger partial charge on any atom is 0.265 e. The molecule has 0 aliphatic carbocycles. The second kappa shape index (κ2) is 14.2. The van der Waals surface area contributed by atoms with E-state index in [1.807, 2.05) is 48.5 Å². The molecule has 0 bridgehead atoms. The average Bonchev–Trinajstić information content (AvgIpc) is 2.93. The number of carbonyl (C=O) groups excluding carboxylic acids is 2. The standard InChI is InChI=1S/C31H34ClN3O2S/c1-2-3-19-34(22-25-10-5-4-6-11-25)20-9-18-33-30(36)23-35-27-12-7-8-13-28(27)38-29(31(35)37)21-24-14-16-26(32)17-15-24/h4-8,10-17,21H,2-3,9,18-20,22-23H2,1H3,(H,33,36). The van der Waals surface area contributed by atoms with Crippen LogP contribution >= 0.6 is 23.4 Å². The summed E-state index contributed by atoms with van der Waals surface area (Å²) in [6, 6.07) is 25.5. The van der Waals surface area contributed by atoms with Gasteiger partial charge in [0, 0.05) is 29.6 Å². The molecule has 7 heteroatoms. The summed E-state index contributed by atoms with van der Waals surface area (Å²) in [7, 11) is 0. The van der Waals surface area contributed by atoms with E-state index in [0.29, 0.717) is 16.5 Å². The highest BCUT2D eigenvalue weighted by molar-refractivity contribution is 8.04. The number of unbranched alkanes of at least 4 members (excludes halogenated alkanes) is 1. The molecule has 0 unspecified atom stereocenters. The molecule has 4 rings (SSSR count). The molecule has 3 aromatic rings. The quantitative estimate of drug-likeness (QED) is 0.204. The number of halogens is 1. The van der Waals surface area contributed by atoms with E-state index < -0.39 is 0 Å². The first kappa shape index (κ1) is 28.0. The Morgan fingerprint density at radius 1 is 0.974 bits per heavy atom. The molecule has 2 amide bonds.